The molecule has 12 heteroatoms. The molecule has 0 bridgehead atoms. The van der Waals surface area contributed by atoms with Crippen LogP contribution in [0.1, 0.15) is 34.1 Å². The fraction of sp³-hybridized carbons (Fsp3) is 0.333. The van der Waals surface area contributed by atoms with Gasteiger partial charge in [0.25, 0.3) is 0 Å². The summed E-state index contributed by atoms with van der Waals surface area (Å²) in [6, 6.07) is 2.80. The fourth-order valence-corrected chi connectivity index (χ4v) is 7.35. The summed E-state index contributed by atoms with van der Waals surface area (Å²) in [6.07, 6.45) is 5.88. The molecular weight excluding hydrogens is 562 g/mol. The second-order valence-electron chi connectivity index (χ2n) is 10.8. The number of thioether (sulfide) groups is 1. The van der Waals surface area contributed by atoms with Crippen molar-refractivity contribution in [2.45, 2.75) is 18.9 Å². The van der Waals surface area contributed by atoms with Gasteiger partial charge >= 0.3 is 5.97 Å². The van der Waals surface area contributed by atoms with Crippen LogP contribution in [0.2, 0.25) is 0 Å². The van der Waals surface area contributed by atoms with Gasteiger partial charge in [0.2, 0.25) is 5.43 Å². The highest BCUT2D eigenvalue weighted by molar-refractivity contribution is 7.99. The highest BCUT2D eigenvalue weighted by Gasteiger charge is 2.34. The van der Waals surface area contributed by atoms with E-state index >= 15 is 4.39 Å². The summed E-state index contributed by atoms with van der Waals surface area (Å²) in [6.45, 7) is 2.82. The summed E-state index contributed by atoms with van der Waals surface area (Å²) in [4.78, 5) is 37.1. The predicted molar refractivity (Wildman–Crippen MR) is 160 cm³/mol. The largest absolute Gasteiger partial charge is 0.477 e. The normalized spacial score (nSPS) is 17.9. The first-order valence-corrected chi connectivity index (χ1v) is 15.1. The van der Waals surface area contributed by atoms with Crippen LogP contribution in [0.3, 0.4) is 0 Å². The predicted octanol–water partition coefficient (Wildman–Crippen LogP) is 4.14. The zero-order chi connectivity index (χ0) is 29.1. The molecule has 3 aromatic heterocycles. The van der Waals surface area contributed by atoms with Gasteiger partial charge in [-0.25, -0.2) is 18.6 Å². The third-order valence-electron chi connectivity index (χ3n) is 8.49. The number of fused-ring (bicyclic) bond motifs is 4. The van der Waals surface area contributed by atoms with Crippen LogP contribution in [0.25, 0.3) is 33.3 Å². The number of nitrogens with zero attached hydrogens (tertiary/aromatic N) is 4. The maximum absolute atomic E-state index is 15.6. The Morgan fingerprint density at radius 2 is 1.98 bits per heavy atom. The van der Waals surface area contributed by atoms with Crippen molar-refractivity contribution in [3.05, 3.63) is 69.4 Å². The number of carbonyl (C=O) groups is 1. The van der Waals surface area contributed by atoms with Gasteiger partial charge < -0.3 is 25.2 Å². The lowest BCUT2D eigenvalue weighted by Crippen LogP contribution is -2.33. The molecule has 216 valence electrons. The van der Waals surface area contributed by atoms with Crippen LogP contribution in [-0.2, 0) is 6.42 Å². The van der Waals surface area contributed by atoms with E-state index in [2.05, 4.69) is 15.5 Å². The smallest absolute Gasteiger partial charge is 0.341 e. The topological polar surface area (TPSA) is 112 Å². The van der Waals surface area contributed by atoms with E-state index in [1.807, 2.05) is 11.8 Å². The molecular formula is C30H28F2N6O3S. The average Bonchev–Trinajstić information content (AvgIpc) is 3.68. The highest BCUT2D eigenvalue weighted by atomic mass is 32.2. The Morgan fingerprint density at radius 1 is 1.17 bits per heavy atom. The Bertz CT molecular complexity index is 1830. The minimum atomic E-state index is -1.30. The number of carboxylic acid groups (broad SMARTS) is 1. The van der Waals surface area contributed by atoms with E-state index in [1.54, 1.807) is 30.1 Å². The third kappa shape index (κ3) is 4.15. The number of carboxylic acids is 1. The van der Waals surface area contributed by atoms with Gasteiger partial charge in [0.1, 0.15) is 11.2 Å². The van der Waals surface area contributed by atoms with Crippen LogP contribution in [0.5, 0.6) is 0 Å². The van der Waals surface area contributed by atoms with Crippen LogP contribution >= 0.6 is 11.8 Å². The molecule has 2 fully saturated rings. The molecule has 1 atom stereocenters. The Labute approximate surface area is 244 Å². The fourth-order valence-electron chi connectivity index (χ4n) is 6.45. The summed E-state index contributed by atoms with van der Waals surface area (Å²) in [5.41, 5.74) is 3.96. The van der Waals surface area contributed by atoms with Gasteiger partial charge in [-0.3, -0.25) is 9.78 Å². The third-order valence-corrected chi connectivity index (χ3v) is 9.43. The van der Waals surface area contributed by atoms with Gasteiger partial charge in [-0.15, -0.1) is 0 Å². The summed E-state index contributed by atoms with van der Waals surface area (Å²) in [5, 5.41) is 16.3. The number of pyridine rings is 3. The first-order valence-electron chi connectivity index (χ1n) is 13.9. The van der Waals surface area contributed by atoms with Crippen molar-refractivity contribution in [1.29, 1.82) is 0 Å². The van der Waals surface area contributed by atoms with Crippen molar-refractivity contribution in [1.82, 2.24) is 19.9 Å². The van der Waals surface area contributed by atoms with E-state index in [0.717, 1.165) is 30.2 Å². The standard InChI is InChI=1S/C30H28F2N6O3S/c1-33-22-10-21(31)26(32)24-17(22)9-23-25(24)27(37-4-6-42-7-5-37)19(13-35-23)15-8-18-28(39)20(30(40)41)14-38(29(18)36-11-15)16-2-3-34-12-16/h8,10-11,13-14,16,33-34H,2-7,9,12H2,1H3,(H,40,41). The van der Waals surface area contributed by atoms with E-state index in [4.69, 9.17) is 9.97 Å². The summed E-state index contributed by atoms with van der Waals surface area (Å²) in [7, 11) is 1.68. The van der Waals surface area contributed by atoms with E-state index in [1.165, 1.54) is 12.3 Å². The van der Waals surface area contributed by atoms with Crippen LogP contribution in [-0.4, -0.2) is 70.3 Å². The molecule has 1 aromatic carbocycles. The molecule has 9 nitrogen and oxygen atoms in total. The number of halogens is 2. The molecule has 3 aliphatic rings. The zero-order valence-electron chi connectivity index (χ0n) is 22.8. The molecule has 0 saturated carbocycles. The minimum absolute atomic E-state index is 0.0385. The molecule has 0 radical (unpaired) electrons. The molecule has 1 aliphatic carbocycles. The lowest BCUT2D eigenvalue weighted by Gasteiger charge is -2.32. The first kappa shape index (κ1) is 26.8. The molecule has 0 spiro atoms. The zero-order valence-corrected chi connectivity index (χ0v) is 23.7. The second kappa shape index (κ2) is 10.4. The van der Waals surface area contributed by atoms with Gasteiger partial charge in [-0.2, -0.15) is 11.8 Å². The lowest BCUT2D eigenvalue weighted by molar-refractivity contribution is 0.0694. The number of hydrogen-bond acceptors (Lipinski definition) is 8. The molecule has 0 amide bonds. The molecule has 5 heterocycles. The van der Waals surface area contributed by atoms with E-state index in [-0.39, 0.29) is 22.6 Å². The highest BCUT2D eigenvalue weighted by Crippen LogP contribution is 2.50. The molecule has 42 heavy (non-hydrogen) atoms. The summed E-state index contributed by atoms with van der Waals surface area (Å²) in [5.74, 6) is -1.41. The Kier molecular flexibility index (Phi) is 6.62. The van der Waals surface area contributed by atoms with Crippen molar-refractivity contribution in [3.63, 3.8) is 0 Å². The number of aromatic carboxylic acids is 1. The van der Waals surface area contributed by atoms with Crippen LogP contribution < -0.4 is 21.0 Å². The quantitative estimate of drug-likeness (QED) is 0.278. The van der Waals surface area contributed by atoms with Crippen LogP contribution in [0.4, 0.5) is 20.2 Å². The monoisotopic (exact) mass is 590 g/mol. The minimum Gasteiger partial charge on any atom is -0.477 e. The maximum Gasteiger partial charge on any atom is 0.341 e. The van der Waals surface area contributed by atoms with E-state index in [0.29, 0.717) is 65.3 Å². The molecule has 7 rings (SSSR count). The van der Waals surface area contributed by atoms with Crippen LogP contribution in [0.15, 0.2) is 35.5 Å². The SMILES string of the molecule is CNc1cc(F)c(F)c2c1Cc1ncc(-c3cnc4c(c3)c(=O)c(C(=O)O)cn4C3CCNC3)c(N3CCSCC3)c1-2. The van der Waals surface area contributed by atoms with Gasteiger partial charge in [-0.05, 0) is 24.6 Å². The van der Waals surface area contributed by atoms with Crippen LogP contribution in [0, 0.1) is 11.6 Å². The number of hydrogen-bond donors (Lipinski definition) is 3. The van der Waals surface area contributed by atoms with Crippen molar-refractivity contribution in [3.8, 4) is 22.3 Å². The number of benzene rings is 1. The van der Waals surface area contributed by atoms with Crippen molar-refractivity contribution >= 4 is 40.1 Å². The van der Waals surface area contributed by atoms with Gasteiger partial charge in [0, 0.05) is 103 Å². The van der Waals surface area contributed by atoms with Crippen molar-refractivity contribution in [2.24, 2.45) is 0 Å². The van der Waals surface area contributed by atoms with Gasteiger partial charge in [0.05, 0.1) is 16.8 Å². The molecule has 4 aromatic rings. The maximum atomic E-state index is 15.6. The number of nitrogens with one attached hydrogen (secondary N) is 2. The first-order chi connectivity index (χ1) is 20.4. The Balaban J connectivity index is 1.49. The number of rotatable bonds is 5. The van der Waals surface area contributed by atoms with E-state index < -0.39 is 23.0 Å². The van der Waals surface area contributed by atoms with Gasteiger partial charge in [-0.1, -0.05) is 0 Å². The molecule has 1 unspecified atom stereocenters. The van der Waals surface area contributed by atoms with E-state index in [9.17, 15) is 19.1 Å². The summed E-state index contributed by atoms with van der Waals surface area (Å²) >= 11 is 1.83. The number of anilines is 2. The molecule has 2 saturated heterocycles. The average molecular weight is 591 g/mol. The van der Waals surface area contributed by atoms with Crippen molar-refractivity contribution in [2.75, 3.05) is 54.9 Å². The number of aromatic nitrogens is 3. The van der Waals surface area contributed by atoms with Gasteiger partial charge in [0.15, 0.2) is 11.6 Å². The molecule has 2 aliphatic heterocycles. The Hall–Kier alpha value is -4.03. The molecule has 3 N–H and O–H groups in total. The lowest BCUT2D eigenvalue weighted by atomic mass is 9.96. The van der Waals surface area contributed by atoms with Crippen molar-refractivity contribution < 1.29 is 18.7 Å². The summed E-state index contributed by atoms with van der Waals surface area (Å²) < 4.78 is 32.2. The Morgan fingerprint density at radius 3 is 2.69 bits per heavy atom. The second-order valence-corrected chi connectivity index (χ2v) is 12.0.